The van der Waals surface area contributed by atoms with Gasteiger partial charge in [-0.3, -0.25) is 0 Å². The minimum absolute atomic E-state index is 0.254. The number of nitrogens with one attached hydrogen (secondary N) is 3. The van der Waals surface area contributed by atoms with E-state index >= 15 is 0 Å². The lowest BCUT2D eigenvalue weighted by Gasteiger charge is -2.30. The van der Waals surface area contributed by atoms with Crippen LogP contribution in [0.25, 0.3) is 11.1 Å². The monoisotopic (exact) mass is 490 g/mol. The standard InChI is InChI=1S/C26H36ClFN4O2/c1-33-13-10-29-20-3-5-21(6-4-20)32-26-15-22(23(27)17-31-26)19-2-7-24(28)25(14-19)30-16-18-8-11-34-12-9-18/h2,7,14-15,17-18,20-21,29-30H,3-6,8-13,16H2,1H3,(H,31,32)/t20-,21-. The molecule has 1 aliphatic carbocycles. The Bertz CT molecular complexity index is 918. The molecular formula is C26H36ClFN4O2. The van der Waals surface area contributed by atoms with Crippen molar-refractivity contribution in [3.63, 3.8) is 0 Å². The molecule has 6 nitrogen and oxygen atoms in total. The normalized spacial score (nSPS) is 21.4. The van der Waals surface area contributed by atoms with Crippen LogP contribution in [-0.2, 0) is 9.47 Å². The fourth-order valence-electron chi connectivity index (χ4n) is 4.79. The molecule has 186 valence electrons. The molecule has 0 unspecified atom stereocenters. The number of halogens is 2. The molecule has 2 fully saturated rings. The lowest BCUT2D eigenvalue weighted by molar-refractivity contribution is 0.0699. The van der Waals surface area contributed by atoms with Crippen molar-refractivity contribution in [2.45, 2.75) is 50.6 Å². The van der Waals surface area contributed by atoms with Gasteiger partial charge in [0.2, 0.25) is 0 Å². The zero-order valence-electron chi connectivity index (χ0n) is 19.9. The molecule has 2 aliphatic rings. The second kappa shape index (κ2) is 12.7. The molecular weight excluding hydrogens is 455 g/mol. The van der Waals surface area contributed by atoms with Crippen LogP contribution in [0.3, 0.4) is 0 Å². The van der Waals surface area contributed by atoms with E-state index in [0.717, 1.165) is 88.4 Å². The molecule has 0 amide bonds. The quantitative estimate of drug-likeness (QED) is 0.391. The van der Waals surface area contributed by atoms with Crippen LogP contribution in [0, 0.1) is 11.7 Å². The molecule has 2 heterocycles. The molecule has 0 spiro atoms. The number of benzene rings is 1. The highest BCUT2D eigenvalue weighted by Crippen LogP contribution is 2.33. The smallest absolute Gasteiger partial charge is 0.146 e. The summed E-state index contributed by atoms with van der Waals surface area (Å²) >= 11 is 6.51. The van der Waals surface area contributed by atoms with Crippen LogP contribution in [0.5, 0.6) is 0 Å². The first-order valence-electron chi connectivity index (χ1n) is 12.4. The van der Waals surface area contributed by atoms with E-state index in [2.05, 4.69) is 20.9 Å². The fraction of sp³-hybridized carbons (Fsp3) is 0.577. The molecule has 1 aromatic carbocycles. The van der Waals surface area contributed by atoms with Gasteiger partial charge in [-0.1, -0.05) is 17.7 Å². The molecule has 0 radical (unpaired) electrons. The van der Waals surface area contributed by atoms with Gasteiger partial charge in [-0.25, -0.2) is 9.37 Å². The molecule has 1 aliphatic heterocycles. The van der Waals surface area contributed by atoms with Crippen LogP contribution in [-0.4, -0.2) is 57.1 Å². The van der Waals surface area contributed by atoms with Gasteiger partial charge in [-0.2, -0.15) is 0 Å². The molecule has 1 saturated carbocycles. The average molecular weight is 491 g/mol. The molecule has 1 saturated heterocycles. The Morgan fingerprint density at radius 3 is 2.62 bits per heavy atom. The van der Waals surface area contributed by atoms with Gasteiger partial charge in [-0.15, -0.1) is 0 Å². The maximum absolute atomic E-state index is 14.5. The van der Waals surface area contributed by atoms with E-state index in [1.54, 1.807) is 19.4 Å². The number of rotatable bonds is 10. The van der Waals surface area contributed by atoms with Gasteiger partial charge in [0.1, 0.15) is 11.6 Å². The number of hydrogen-bond donors (Lipinski definition) is 3. The third-order valence-electron chi connectivity index (χ3n) is 6.87. The number of hydrogen-bond acceptors (Lipinski definition) is 6. The lowest BCUT2D eigenvalue weighted by Crippen LogP contribution is -2.38. The van der Waals surface area contributed by atoms with Crippen molar-refractivity contribution in [3.05, 3.63) is 41.3 Å². The van der Waals surface area contributed by atoms with Crippen molar-refractivity contribution in [1.29, 1.82) is 0 Å². The minimum atomic E-state index is -0.254. The Kier molecular flexibility index (Phi) is 9.39. The van der Waals surface area contributed by atoms with E-state index in [-0.39, 0.29) is 5.82 Å². The Hall–Kier alpha value is -1.93. The van der Waals surface area contributed by atoms with Crippen molar-refractivity contribution in [2.24, 2.45) is 5.92 Å². The van der Waals surface area contributed by atoms with Gasteiger partial charge in [0.15, 0.2) is 0 Å². The van der Waals surface area contributed by atoms with Gasteiger partial charge in [0, 0.05) is 57.3 Å². The molecule has 3 N–H and O–H groups in total. The second-order valence-electron chi connectivity index (χ2n) is 9.32. The summed E-state index contributed by atoms with van der Waals surface area (Å²) in [4.78, 5) is 4.50. The summed E-state index contributed by atoms with van der Waals surface area (Å²) in [5, 5.41) is 11.0. The maximum atomic E-state index is 14.5. The van der Waals surface area contributed by atoms with Gasteiger partial charge < -0.3 is 25.4 Å². The number of ether oxygens (including phenoxy) is 2. The van der Waals surface area contributed by atoms with Gasteiger partial charge in [0.25, 0.3) is 0 Å². The van der Waals surface area contributed by atoms with E-state index in [4.69, 9.17) is 21.1 Å². The van der Waals surface area contributed by atoms with Crippen LogP contribution in [0.15, 0.2) is 30.5 Å². The molecule has 34 heavy (non-hydrogen) atoms. The number of pyridine rings is 1. The van der Waals surface area contributed by atoms with E-state index in [9.17, 15) is 4.39 Å². The zero-order chi connectivity index (χ0) is 23.8. The van der Waals surface area contributed by atoms with Crippen molar-refractivity contribution >= 4 is 23.1 Å². The summed E-state index contributed by atoms with van der Waals surface area (Å²) in [5.74, 6) is 1.05. The molecule has 0 bridgehead atoms. The summed E-state index contributed by atoms with van der Waals surface area (Å²) in [5.41, 5.74) is 2.23. The van der Waals surface area contributed by atoms with E-state index in [1.165, 1.54) is 6.07 Å². The predicted octanol–water partition coefficient (Wildman–Crippen LogP) is 5.34. The third kappa shape index (κ3) is 7.04. The zero-order valence-corrected chi connectivity index (χ0v) is 20.7. The number of anilines is 2. The molecule has 2 aromatic rings. The second-order valence-corrected chi connectivity index (χ2v) is 9.73. The highest BCUT2D eigenvalue weighted by molar-refractivity contribution is 6.33. The summed E-state index contributed by atoms with van der Waals surface area (Å²) in [7, 11) is 1.73. The maximum Gasteiger partial charge on any atom is 0.146 e. The van der Waals surface area contributed by atoms with E-state index < -0.39 is 0 Å². The van der Waals surface area contributed by atoms with Crippen molar-refractivity contribution in [2.75, 3.05) is 50.7 Å². The number of nitrogens with zero attached hydrogens (tertiary/aromatic N) is 1. The summed E-state index contributed by atoms with van der Waals surface area (Å²) in [6, 6.07) is 8.03. The molecule has 0 atom stereocenters. The first-order valence-corrected chi connectivity index (χ1v) is 12.8. The van der Waals surface area contributed by atoms with E-state index in [0.29, 0.717) is 28.7 Å². The Morgan fingerprint density at radius 2 is 1.85 bits per heavy atom. The molecule has 8 heteroatoms. The SMILES string of the molecule is COCCN[C@H]1CC[C@H](Nc2cc(-c3ccc(F)c(NCC4CCOCC4)c3)c(Cl)cn2)CC1. The third-order valence-corrected chi connectivity index (χ3v) is 7.17. The largest absolute Gasteiger partial charge is 0.383 e. The Labute approximate surface area is 207 Å². The Balaban J connectivity index is 1.38. The molecule has 4 rings (SSSR count). The van der Waals surface area contributed by atoms with Crippen molar-refractivity contribution in [3.8, 4) is 11.1 Å². The minimum Gasteiger partial charge on any atom is -0.383 e. The average Bonchev–Trinajstić information content (AvgIpc) is 2.87. The van der Waals surface area contributed by atoms with Crippen molar-refractivity contribution in [1.82, 2.24) is 10.3 Å². The molecule has 1 aromatic heterocycles. The first kappa shape index (κ1) is 25.2. The van der Waals surface area contributed by atoms with Gasteiger partial charge in [0.05, 0.1) is 17.3 Å². The van der Waals surface area contributed by atoms with Crippen LogP contribution in [0.2, 0.25) is 5.02 Å². The van der Waals surface area contributed by atoms with E-state index in [1.807, 2.05) is 12.1 Å². The number of aromatic nitrogens is 1. The highest BCUT2D eigenvalue weighted by atomic mass is 35.5. The van der Waals surface area contributed by atoms with Crippen LogP contribution >= 0.6 is 11.6 Å². The summed E-state index contributed by atoms with van der Waals surface area (Å²) in [6.07, 6.45) is 8.11. The van der Waals surface area contributed by atoms with Crippen molar-refractivity contribution < 1.29 is 13.9 Å². The van der Waals surface area contributed by atoms with Gasteiger partial charge in [-0.05, 0) is 68.2 Å². The lowest BCUT2D eigenvalue weighted by atomic mass is 9.91. The van der Waals surface area contributed by atoms with Crippen LogP contribution in [0.4, 0.5) is 15.9 Å². The number of methoxy groups -OCH3 is 1. The topological polar surface area (TPSA) is 67.4 Å². The fourth-order valence-corrected chi connectivity index (χ4v) is 5.00. The summed E-state index contributed by atoms with van der Waals surface area (Å²) < 4.78 is 25.0. The first-order chi connectivity index (χ1) is 16.6. The van der Waals surface area contributed by atoms with Crippen LogP contribution < -0.4 is 16.0 Å². The highest BCUT2D eigenvalue weighted by Gasteiger charge is 2.21. The predicted molar refractivity (Wildman–Crippen MR) is 136 cm³/mol. The summed E-state index contributed by atoms with van der Waals surface area (Å²) in [6.45, 7) is 3.94. The van der Waals surface area contributed by atoms with Crippen LogP contribution in [0.1, 0.15) is 38.5 Å². The van der Waals surface area contributed by atoms with Gasteiger partial charge >= 0.3 is 0 Å². The Morgan fingerprint density at radius 1 is 1.09 bits per heavy atom.